The number of hydrogen-bond acceptors (Lipinski definition) is 2. The Morgan fingerprint density at radius 1 is 1.46 bits per heavy atom. The molecule has 0 saturated carbocycles. The average molecular weight is 177 g/mol. The van der Waals surface area contributed by atoms with Crippen LogP contribution < -0.4 is 0 Å². The van der Waals surface area contributed by atoms with E-state index in [1.807, 2.05) is 24.0 Å². The predicted octanol–water partition coefficient (Wildman–Crippen LogP) is 2.44. The highest BCUT2D eigenvalue weighted by molar-refractivity contribution is 5.24. The minimum atomic E-state index is 0.677. The largest absolute Gasteiger partial charge is 0.477 e. The summed E-state index contributed by atoms with van der Waals surface area (Å²) < 4.78 is 5.21. The van der Waals surface area contributed by atoms with E-state index in [9.17, 15) is 0 Å². The molecule has 70 valence electrons. The van der Waals surface area contributed by atoms with Gasteiger partial charge in [-0.25, -0.2) is 0 Å². The van der Waals surface area contributed by atoms with Crippen LogP contribution in [-0.2, 0) is 4.74 Å². The standard InChI is InChI=1S/C11H15NO/c1-9(2)5-6-10(3)12-7-8-13-11(12)4/h5-6H,1,3-4,7-8H2,2H3/b6-5-. The van der Waals surface area contributed by atoms with Crippen molar-refractivity contribution < 1.29 is 4.74 Å². The molecule has 0 aromatic rings. The van der Waals surface area contributed by atoms with Crippen molar-refractivity contribution in [2.75, 3.05) is 13.2 Å². The molecule has 1 fully saturated rings. The third-order valence-electron chi connectivity index (χ3n) is 1.79. The number of nitrogens with zero attached hydrogens (tertiary/aromatic N) is 1. The fourth-order valence-electron chi connectivity index (χ4n) is 1.09. The Kier molecular flexibility index (Phi) is 2.96. The van der Waals surface area contributed by atoms with Gasteiger partial charge >= 0.3 is 0 Å². The Morgan fingerprint density at radius 2 is 2.15 bits per heavy atom. The lowest BCUT2D eigenvalue weighted by Gasteiger charge is -2.15. The Bertz CT molecular complexity index is 276. The fraction of sp³-hybridized carbons (Fsp3) is 0.273. The van der Waals surface area contributed by atoms with Crippen LogP contribution in [0.25, 0.3) is 0 Å². The lowest BCUT2D eigenvalue weighted by molar-refractivity contribution is 0.249. The van der Waals surface area contributed by atoms with Crippen LogP contribution in [0.1, 0.15) is 6.92 Å². The second kappa shape index (κ2) is 3.99. The molecule has 1 heterocycles. The smallest absolute Gasteiger partial charge is 0.186 e. The first-order chi connectivity index (χ1) is 6.11. The van der Waals surface area contributed by atoms with Crippen molar-refractivity contribution in [2.24, 2.45) is 0 Å². The summed E-state index contributed by atoms with van der Waals surface area (Å²) in [5.41, 5.74) is 1.90. The maximum Gasteiger partial charge on any atom is 0.186 e. The van der Waals surface area contributed by atoms with Crippen molar-refractivity contribution >= 4 is 0 Å². The van der Waals surface area contributed by atoms with E-state index in [0.29, 0.717) is 12.5 Å². The Morgan fingerprint density at radius 3 is 2.62 bits per heavy atom. The molecular weight excluding hydrogens is 162 g/mol. The first-order valence-corrected chi connectivity index (χ1v) is 4.23. The minimum absolute atomic E-state index is 0.677. The number of allylic oxidation sites excluding steroid dienone is 3. The zero-order valence-electron chi connectivity index (χ0n) is 8.05. The monoisotopic (exact) mass is 177 g/mol. The van der Waals surface area contributed by atoms with Gasteiger partial charge in [0.15, 0.2) is 5.88 Å². The lowest BCUT2D eigenvalue weighted by atomic mass is 10.3. The molecule has 1 rings (SSSR count). The molecule has 0 radical (unpaired) electrons. The van der Waals surface area contributed by atoms with E-state index in [-0.39, 0.29) is 0 Å². The van der Waals surface area contributed by atoms with Gasteiger partial charge in [-0.15, -0.1) is 0 Å². The molecule has 0 aromatic heterocycles. The maximum absolute atomic E-state index is 5.21. The second-order valence-corrected chi connectivity index (χ2v) is 3.06. The Balaban J connectivity index is 2.57. The average Bonchev–Trinajstić information content (AvgIpc) is 2.47. The van der Waals surface area contributed by atoms with E-state index in [4.69, 9.17) is 4.74 Å². The van der Waals surface area contributed by atoms with Gasteiger partial charge in [-0.05, 0) is 19.6 Å². The third kappa shape index (κ3) is 2.51. The topological polar surface area (TPSA) is 12.5 Å². The normalized spacial score (nSPS) is 16.4. The minimum Gasteiger partial charge on any atom is -0.477 e. The molecule has 0 spiro atoms. The van der Waals surface area contributed by atoms with Crippen molar-refractivity contribution in [2.45, 2.75) is 6.92 Å². The predicted molar refractivity (Wildman–Crippen MR) is 54.9 cm³/mol. The lowest BCUT2D eigenvalue weighted by Crippen LogP contribution is -2.14. The van der Waals surface area contributed by atoms with E-state index in [2.05, 4.69) is 19.7 Å². The van der Waals surface area contributed by atoms with Gasteiger partial charge in [0, 0.05) is 5.70 Å². The van der Waals surface area contributed by atoms with Crippen molar-refractivity contribution in [3.63, 3.8) is 0 Å². The van der Waals surface area contributed by atoms with Gasteiger partial charge in [0.25, 0.3) is 0 Å². The number of rotatable bonds is 3. The van der Waals surface area contributed by atoms with E-state index in [0.717, 1.165) is 17.8 Å². The second-order valence-electron chi connectivity index (χ2n) is 3.06. The molecule has 0 aromatic carbocycles. The van der Waals surface area contributed by atoms with Crippen molar-refractivity contribution in [1.82, 2.24) is 4.90 Å². The molecule has 2 nitrogen and oxygen atoms in total. The highest BCUT2D eigenvalue weighted by Gasteiger charge is 2.16. The SMILES string of the molecule is C=C(C)/C=C\C(=C)N1CCOC1=C. The zero-order valence-corrected chi connectivity index (χ0v) is 8.05. The fourth-order valence-corrected chi connectivity index (χ4v) is 1.09. The van der Waals surface area contributed by atoms with Crippen molar-refractivity contribution in [1.29, 1.82) is 0 Å². The summed E-state index contributed by atoms with van der Waals surface area (Å²) in [6.45, 7) is 14.9. The first-order valence-electron chi connectivity index (χ1n) is 4.23. The van der Waals surface area contributed by atoms with Gasteiger partial charge in [0.2, 0.25) is 0 Å². The summed E-state index contributed by atoms with van der Waals surface area (Å²) in [5, 5.41) is 0. The quantitative estimate of drug-likeness (QED) is 0.614. The summed E-state index contributed by atoms with van der Waals surface area (Å²) in [7, 11) is 0. The van der Waals surface area contributed by atoms with Gasteiger partial charge in [-0.3, -0.25) is 0 Å². The van der Waals surface area contributed by atoms with Gasteiger partial charge in [0.05, 0.1) is 6.54 Å². The van der Waals surface area contributed by atoms with E-state index in [1.54, 1.807) is 0 Å². The Hall–Kier alpha value is -1.44. The van der Waals surface area contributed by atoms with Gasteiger partial charge in [-0.2, -0.15) is 0 Å². The van der Waals surface area contributed by atoms with Crippen LogP contribution in [0.15, 0.2) is 49.0 Å². The molecule has 0 aliphatic carbocycles. The summed E-state index contributed by atoms with van der Waals surface area (Å²) >= 11 is 0. The molecule has 0 atom stereocenters. The molecule has 1 aliphatic rings. The van der Waals surface area contributed by atoms with Crippen LogP contribution in [0.3, 0.4) is 0 Å². The van der Waals surface area contributed by atoms with Crippen LogP contribution in [-0.4, -0.2) is 18.1 Å². The summed E-state index contributed by atoms with van der Waals surface area (Å²) in [6.07, 6.45) is 3.84. The zero-order chi connectivity index (χ0) is 9.84. The van der Waals surface area contributed by atoms with Crippen molar-refractivity contribution in [3.05, 3.63) is 49.0 Å². The van der Waals surface area contributed by atoms with Crippen LogP contribution >= 0.6 is 0 Å². The van der Waals surface area contributed by atoms with Crippen LogP contribution in [0, 0.1) is 0 Å². The molecular formula is C11H15NO. The molecule has 13 heavy (non-hydrogen) atoms. The third-order valence-corrected chi connectivity index (χ3v) is 1.79. The number of hydrogen-bond donors (Lipinski definition) is 0. The first kappa shape index (κ1) is 9.65. The molecule has 1 aliphatic heterocycles. The van der Waals surface area contributed by atoms with Crippen LogP contribution in [0.5, 0.6) is 0 Å². The molecule has 0 N–H and O–H groups in total. The Labute approximate surface area is 79.5 Å². The molecule has 0 unspecified atom stereocenters. The van der Waals surface area contributed by atoms with Gasteiger partial charge in [-0.1, -0.05) is 24.8 Å². The summed E-state index contributed by atoms with van der Waals surface area (Å²) in [4.78, 5) is 1.94. The van der Waals surface area contributed by atoms with Gasteiger partial charge < -0.3 is 9.64 Å². The van der Waals surface area contributed by atoms with E-state index < -0.39 is 0 Å². The van der Waals surface area contributed by atoms with Crippen LogP contribution in [0.2, 0.25) is 0 Å². The highest BCUT2D eigenvalue weighted by atomic mass is 16.5. The molecule has 0 amide bonds. The summed E-state index contributed by atoms with van der Waals surface area (Å²) in [6, 6.07) is 0. The molecule has 0 bridgehead atoms. The van der Waals surface area contributed by atoms with Crippen molar-refractivity contribution in [3.8, 4) is 0 Å². The molecule has 2 heteroatoms. The van der Waals surface area contributed by atoms with E-state index >= 15 is 0 Å². The van der Waals surface area contributed by atoms with Gasteiger partial charge in [0.1, 0.15) is 6.61 Å². The van der Waals surface area contributed by atoms with E-state index in [1.165, 1.54) is 0 Å². The maximum atomic E-state index is 5.21. The van der Waals surface area contributed by atoms with Crippen LogP contribution in [0.4, 0.5) is 0 Å². The number of ether oxygens (including phenoxy) is 1. The highest BCUT2D eigenvalue weighted by Crippen LogP contribution is 2.17. The molecule has 1 saturated heterocycles. The summed E-state index contributed by atoms with van der Waals surface area (Å²) in [5.74, 6) is 0.677.